The summed E-state index contributed by atoms with van der Waals surface area (Å²) in [6.07, 6.45) is 0. The van der Waals surface area contributed by atoms with Crippen LogP contribution in [-0.2, 0) is 0 Å². The number of rotatable bonds is 2. The van der Waals surface area contributed by atoms with E-state index in [0.717, 1.165) is 0 Å². The van der Waals surface area contributed by atoms with Crippen molar-refractivity contribution in [3.8, 4) is 0 Å². The molecule has 0 bridgehead atoms. The van der Waals surface area contributed by atoms with Crippen LogP contribution in [0.4, 0.5) is 0 Å². The minimum absolute atomic E-state index is 0.0337. The van der Waals surface area contributed by atoms with Gasteiger partial charge in [-0.05, 0) is 90.0 Å². The molecule has 19 heavy (non-hydrogen) atoms. The highest BCUT2D eigenvalue weighted by molar-refractivity contribution is 9.11. The van der Waals surface area contributed by atoms with Crippen LogP contribution >= 0.6 is 27.3 Å². The van der Waals surface area contributed by atoms with Crippen molar-refractivity contribution >= 4 is 27.3 Å². The Kier molecular flexibility index (Phi) is 4.19. The third-order valence-electron chi connectivity index (χ3n) is 3.92. The molecule has 2 rings (SSSR count). The number of hydrogen-bond acceptors (Lipinski definition) is 2. The van der Waals surface area contributed by atoms with Gasteiger partial charge in [-0.2, -0.15) is 0 Å². The van der Waals surface area contributed by atoms with E-state index in [9.17, 15) is 0 Å². The first-order valence-electron chi connectivity index (χ1n) is 6.41. The topological polar surface area (TPSA) is 26.0 Å². The summed E-state index contributed by atoms with van der Waals surface area (Å²) < 4.78 is 1.18. The number of aryl methyl sites for hydroxylation is 3. The van der Waals surface area contributed by atoms with E-state index in [4.69, 9.17) is 5.73 Å². The van der Waals surface area contributed by atoms with Crippen molar-refractivity contribution in [2.45, 2.75) is 40.7 Å². The summed E-state index contributed by atoms with van der Waals surface area (Å²) in [7, 11) is 0. The molecular weight excluding hydrogens is 318 g/mol. The zero-order valence-electron chi connectivity index (χ0n) is 12.1. The molecule has 1 heterocycles. The maximum atomic E-state index is 6.53. The van der Waals surface area contributed by atoms with Gasteiger partial charge >= 0.3 is 0 Å². The van der Waals surface area contributed by atoms with Gasteiger partial charge in [0.15, 0.2) is 0 Å². The third-order valence-corrected chi connectivity index (χ3v) is 6.14. The zero-order chi connectivity index (χ0) is 14.3. The van der Waals surface area contributed by atoms with Crippen molar-refractivity contribution in [3.63, 3.8) is 0 Å². The Morgan fingerprint density at radius 2 is 1.47 bits per heavy atom. The second kappa shape index (κ2) is 5.39. The highest BCUT2D eigenvalue weighted by atomic mass is 79.9. The lowest BCUT2D eigenvalue weighted by atomic mass is 9.89. The molecule has 0 aliphatic carbocycles. The van der Waals surface area contributed by atoms with Crippen molar-refractivity contribution in [2.24, 2.45) is 5.73 Å². The summed E-state index contributed by atoms with van der Waals surface area (Å²) in [4.78, 5) is 1.22. The number of nitrogens with two attached hydrogens (primary N) is 1. The Labute approximate surface area is 128 Å². The molecule has 2 N–H and O–H groups in total. The number of halogens is 1. The molecule has 102 valence electrons. The number of hydrogen-bond donors (Lipinski definition) is 1. The Bertz CT molecular complexity index is 582. The van der Waals surface area contributed by atoms with Crippen molar-refractivity contribution in [1.82, 2.24) is 0 Å². The highest BCUT2D eigenvalue weighted by Crippen LogP contribution is 2.36. The van der Waals surface area contributed by atoms with E-state index in [1.54, 1.807) is 11.3 Å². The van der Waals surface area contributed by atoms with Gasteiger partial charge in [0.05, 0.1) is 9.83 Å². The molecule has 0 saturated carbocycles. The summed E-state index contributed by atoms with van der Waals surface area (Å²) in [5.41, 5.74) is 14.3. The van der Waals surface area contributed by atoms with Gasteiger partial charge in [0.1, 0.15) is 0 Å². The van der Waals surface area contributed by atoms with Crippen molar-refractivity contribution in [1.29, 1.82) is 0 Å². The second-order valence-electron chi connectivity index (χ2n) is 5.26. The summed E-state index contributed by atoms with van der Waals surface area (Å²) in [6.45, 7) is 10.8. The van der Waals surface area contributed by atoms with Crippen LogP contribution in [0.3, 0.4) is 0 Å². The Morgan fingerprint density at radius 3 is 1.89 bits per heavy atom. The Balaban J connectivity index is 2.58. The van der Waals surface area contributed by atoms with Crippen LogP contribution in [-0.4, -0.2) is 0 Å². The van der Waals surface area contributed by atoms with Crippen LogP contribution in [0.15, 0.2) is 15.9 Å². The first kappa shape index (κ1) is 14.8. The molecule has 1 aromatic heterocycles. The predicted molar refractivity (Wildman–Crippen MR) is 88.2 cm³/mol. The lowest BCUT2D eigenvalue weighted by Crippen LogP contribution is -2.15. The molecule has 1 nitrogen and oxygen atoms in total. The molecule has 1 atom stereocenters. The van der Waals surface area contributed by atoms with Gasteiger partial charge in [0.25, 0.3) is 0 Å². The summed E-state index contributed by atoms with van der Waals surface area (Å²) in [5.74, 6) is 0. The third kappa shape index (κ3) is 2.64. The monoisotopic (exact) mass is 337 g/mol. The van der Waals surface area contributed by atoms with E-state index in [-0.39, 0.29) is 6.04 Å². The van der Waals surface area contributed by atoms with Crippen LogP contribution < -0.4 is 5.73 Å². The Hall–Kier alpha value is -0.640. The fourth-order valence-electron chi connectivity index (χ4n) is 2.49. The van der Waals surface area contributed by atoms with Crippen molar-refractivity contribution in [3.05, 3.63) is 54.2 Å². The summed E-state index contributed by atoms with van der Waals surface area (Å²) in [5, 5.41) is 0. The number of benzene rings is 1. The van der Waals surface area contributed by atoms with Gasteiger partial charge in [-0.25, -0.2) is 0 Å². The molecule has 1 aromatic carbocycles. The highest BCUT2D eigenvalue weighted by Gasteiger charge is 2.19. The van der Waals surface area contributed by atoms with E-state index < -0.39 is 0 Å². The van der Waals surface area contributed by atoms with E-state index in [2.05, 4.69) is 62.7 Å². The van der Waals surface area contributed by atoms with E-state index in [1.165, 1.54) is 42.0 Å². The molecule has 3 heteroatoms. The van der Waals surface area contributed by atoms with Gasteiger partial charge in [-0.1, -0.05) is 6.07 Å². The minimum atomic E-state index is -0.0337. The van der Waals surface area contributed by atoms with Gasteiger partial charge in [0.2, 0.25) is 0 Å². The number of thiophene rings is 1. The SMILES string of the molecule is Cc1cc(C(N)c2c(C)c(C)cc(C)c2C)sc1Br. The molecule has 2 aromatic rings. The van der Waals surface area contributed by atoms with E-state index >= 15 is 0 Å². The van der Waals surface area contributed by atoms with Crippen LogP contribution in [0.5, 0.6) is 0 Å². The van der Waals surface area contributed by atoms with Crippen LogP contribution in [0.2, 0.25) is 0 Å². The fourth-order valence-corrected chi connectivity index (χ4v) is 4.08. The Morgan fingerprint density at radius 1 is 0.947 bits per heavy atom. The van der Waals surface area contributed by atoms with Crippen LogP contribution in [0, 0.1) is 34.6 Å². The molecular formula is C16H20BrNS. The fraction of sp³-hybridized carbons (Fsp3) is 0.375. The molecule has 0 aliphatic rings. The molecule has 0 aliphatic heterocycles. The predicted octanol–water partition coefficient (Wildman–Crippen LogP) is 5.10. The smallest absolute Gasteiger partial charge is 0.0731 e. The quantitative estimate of drug-likeness (QED) is 0.810. The minimum Gasteiger partial charge on any atom is -0.320 e. The molecule has 0 radical (unpaired) electrons. The summed E-state index contributed by atoms with van der Waals surface area (Å²) in [6, 6.07) is 4.40. The second-order valence-corrected chi connectivity index (χ2v) is 7.66. The van der Waals surface area contributed by atoms with Crippen molar-refractivity contribution < 1.29 is 0 Å². The molecule has 0 spiro atoms. The molecule has 0 amide bonds. The van der Waals surface area contributed by atoms with E-state index in [0.29, 0.717) is 0 Å². The maximum absolute atomic E-state index is 6.53. The van der Waals surface area contributed by atoms with Gasteiger partial charge in [-0.15, -0.1) is 11.3 Å². The first-order chi connectivity index (χ1) is 8.82. The van der Waals surface area contributed by atoms with Crippen LogP contribution in [0.1, 0.15) is 44.3 Å². The molecule has 0 saturated heterocycles. The lowest BCUT2D eigenvalue weighted by molar-refractivity contribution is 0.863. The molecule has 0 fully saturated rings. The maximum Gasteiger partial charge on any atom is 0.0731 e. The average Bonchev–Trinajstić information content (AvgIpc) is 2.67. The zero-order valence-corrected chi connectivity index (χ0v) is 14.5. The largest absolute Gasteiger partial charge is 0.320 e. The summed E-state index contributed by atoms with van der Waals surface area (Å²) >= 11 is 5.32. The molecule has 1 unspecified atom stereocenters. The van der Waals surface area contributed by atoms with Gasteiger partial charge in [-0.3, -0.25) is 0 Å². The van der Waals surface area contributed by atoms with Crippen molar-refractivity contribution in [2.75, 3.05) is 0 Å². The van der Waals surface area contributed by atoms with Gasteiger partial charge in [0, 0.05) is 4.88 Å². The standard InChI is InChI=1S/C16H20BrNS/c1-8-6-9(2)12(5)14(11(8)4)15(18)13-7-10(3)16(17)19-13/h6-7,15H,18H2,1-5H3. The van der Waals surface area contributed by atoms with E-state index in [1.807, 2.05) is 0 Å². The van der Waals surface area contributed by atoms with Crippen LogP contribution in [0.25, 0.3) is 0 Å². The first-order valence-corrected chi connectivity index (χ1v) is 8.02. The normalized spacial score (nSPS) is 12.8. The van der Waals surface area contributed by atoms with Gasteiger partial charge < -0.3 is 5.73 Å². The lowest BCUT2D eigenvalue weighted by Gasteiger charge is -2.20. The average molecular weight is 338 g/mol.